The summed E-state index contributed by atoms with van der Waals surface area (Å²) in [4.78, 5) is 20.6. The number of amides is 1. The quantitative estimate of drug-likeness (QED) is 0.291. The van der Waals surface area contributed by atoms with Crippen LogP contribution in [-0.4, -0.2) is 17.3 Å². The Hall–Kier alpha value is -1.58. The van der Waals surface area contributed by atoms with Gasteiger partial charge >= 0.3 is 0 Å². The molecule has 72 valence electrons. The van der Waals surface area contributed by atoms with Crippen molar-refractivity contribution in [3.8, 4) is 0 Å². The third kappa shape index (κ3) is 4.79. The largest absolute Gasteiger partial charge is 0.503 e. The summed E-state index contributed by atoms with van der Waals surface area (Å²) < 4.78 is 0. The predicted molar refractivity (Wildman–Crippen MR) is 48.9 cm³/mol. The first kappa shape index (κ1) is 11.4. The van der Waals surface area contributed by atoms with Gasteiger partial charge in [0.2, 0.25) is 0 Å². The zero-order chi connectivity index (χ0) is 10.4. The number of aliphatic hydroxyl groups excluding tert-OH is 1. The molecule has 0 aromatic carbocycles. The normalized spacial score (nSPS) is 15.2. The van der Waals surface area contributed by atoms with Gasteiger partial charge in [-0.15, -0.1) is 0 Å². The summed E-state index contributed by atoms with van der Waals surface area (Å²) in [5.74, 6) is -1.63. The monoisotopic (exact) mass is 183 g/mol. The Bertz CT molecular complexity index is 266. The van der Waals surface area contributed by atoms with E-state index in [1.165, 1.54) is 6.08 Å². The average molecular weight is 183 g/mol. The Morgan fingerprint density at radius 3 is 2.46 bits per heavy atom. The first-order valence-corrected chi connectivity index (χ1v) is 3.81. The molecule has 4 heteroatoms. The highest BCUT2D eigenvalue weighted by Gasteiger charge is 2.01. The molecule has 0 saturated carbocycles. The van der Waals surface area contributed by atoms with Gasteiger partial charge in [-0.05, 0) is 13.0 Å². The minimum Gasteiger partial charge on any atom is -0.503 e. The number of nitrogens with two attached hydrogens (primary N) is 1. The second kappa shape index (κ2) is 5.13. The van der Waals surface area contributed by atoms with E-state index in [-0.39, 0.29) is 5.92 Å². The molecule has 13 heavy (non-hydrogen) atoms. The van der Waals surface area contributed by atoms with Crippen molar-refractivity contribution >= 4 is 12.2 Å². The lowest BCUT2D eigenvalue weighted by molar-refractivity contribution is -0.117. The molecule has 0 aromatic heterocycles. The molecule has 0 aliphatic heterocycles. The lowest BCUT2D eigenvalue weighted by Crippen LogP contribution is -2.13. The van der Waals surface area contributed by atoms with Crippen LogP contribution in [0.25, 0.3) is 0 Å². The number of rotatable bonds is 4. The predicted octanol–water partition coefficient (Wildman–Crippen LogP) is 0.695. The van der Waals surface area contributed by atoms with Gasteiger partial charge in [0, 0.05) is 5.92 Å². The molecule has 0 bridgehead atoms. The number of hydrogen-bond acceptors (Lipinski definition) is 3. The van der Waals surface area contributed by atoms with E-state index >= 15 is 0 Å². The molecule has 0 spiro atoms. The summed E-state index contributed by atoms with van der Waals surface area (Å²) in [6.07, 6.45) is 3.60. The number of primary amides is 1. The zero-order valence-electron chi connectivity index (χ0n) is 7.65. The van der Waals surface area contributed by atoms with Crippen molar-refractivity contribution in [1.82, 2.24) is 0 Å². The van der Waals surface area contributed by atoms with Gasteiger partial charge in [0.15, 0.2) is 5.76 Å². The van der Waals surface area contributed by atoms with Gasteiger partial charge in [-0.3, -0.25) is 4.79 Å². The highest BCUT2D eigenvalue weighted by atomic mass is 16.3. The summed E-state index contributed by atoms with van der Waals surface area (Å²) in [6.45, 7) is 3.37. The molecule has 4 nitrogen and oxygen atoms in total. The molecule has 0 aliphatic rings. The van der Waals surface area contributed by atoms with Gasteiger partial charge in [0.1, 0.15) is 6.29 Å². The van der Waals surface area contributed by atoms with Gasteiger partial charge in [-0.2, -0.15) is 0 Å². The van der Waals surface area contributed by atoms with E-state index in [0.717, 1.165) is 6.29 Å². The highest BCUT2D eigenvalue weighted by Crippen LogP contribution is 2.03. The van der Waals surface area contributed by atoms with E-state index in [1.807, 2.05) is 0 Å². The smallest absolute Gasteiger partial charge is 0.283 e. The SMILES string of the molecule is CC(=CC(C)C=O)C=C(O)C(N)=O. The van der Waals surface area contributed by atoms with Gasteiger partial charge in [0.25, 0.3) is 5.91 Å². The fraction of sp³-hybridized carbons (Fsp3) is 0.333. The molecule has 1 atom stereocenters. The lowest BCUT2D eigenvalue weighted by Gasteiger charge is -1.97. The van der Waals surface area contributed by atoms with Crippen molar-refractivity contribution in [2.45, 2.75) is 13.8 Å². The van der Waals surface area contributed by atoms with Crippen molar-refractivity contribution in [3.63, 3.8) is 0 Å². The Morgan fingerprint density at radius 2 is 2.08 bits per heavy atom. The van der Waals surface area contributed by atoms with Crippen LogP contribution in [0.2, 0.25) is 0 Å². The second-order valence-corrected chi connectivity index (χ2v) is 2.80. The van der Waals surface area contributed by atoms with Crippen LogP contribution in [0, 0.1) is 5.92 Å². The zero-order valence-corrected chi connectivity index (χ0v) is 7.65. The summed E-state index contributed by atoms with van der Waals surface area (Å²) in [5.41, 5.74) is 5.41. The summed E-state index contributed by atoms with van der Waals surface area (Å²) in [5, 5.41) is 8.94. The Balaban J connectivity index is 4.53. The topological polar surface area (TPSA) is 80.4 Å². The highest BCUT2D eigenvalue weighted by molar-refractivity contribution is 5.89. The van der Waals surface area contributed by atoms with Crippen LogP contribution in [0.4, 0.5) is 0 Å². The third-order valence-corrected chi connectivity index (χ3v) is 1.36. The fourth-order valence-electron chi connectivity index (χ4n) is 0.789. The van der Waals surface area contributed by atoms with Crippen LogP contribution in [-0.2, 0) is 9.59 Å². The van der Waals surface area contributed by atoms with Crippen molar-refractivity contribution in [2.24, 2.45) is 11.7 Å². The maximum atomic E-state index is 10.4. The van der Waals surface area contributed by atoms with E-state index in [2.05, 4.69) is 0 Å². The lowest BCUT2D eigenvalue weighted by atomic mass is 10.1. The molecule has 1 unspecified atom stereocenters. The molecule has 0 heterocycles. The van der Waals surface area contributed by atoms with Gasteiger partial charge in [-0.1, -0.05) is 18.6 Å². The van der Waals surface area contributed by atoms with Crippen molar-refractivity contribution in [1.29, 1.82) is 0 Å². The van der Waals surface area contributed by atoms with Gasteiger partial charge in [-0.25, -0.2) is 0 Å². The molecule has 0 radical (unpaired) electrons. The molecule has 1 amide bonds. The number of allylic oxidation sites excluding steroid dienone is 3. The minimum absolute atomic E-state index is 0.239. The van der Waals surface area contributed by atoms with Crippen molar-refractivity contribution < 1.29 is 14.7 Å². The number of carbonyl (C=O) groups excluding carboxylic acids is 2. The molecular formula is C9H13NO3. The first-order chi connectivity index (χ1) is 5.97. The Labute approximate surface area is 76.7 Å². The molecule has 0 fully saturated rings. The third-order valence-electron chi connectivity index (χ3n) is 1.36. The number of aliphatic hydroxyl groups is 1. The first-order valence-electron chi connectivity index (χ1n) is 3.81. The minimum atomic E-state index is -0.883. The van der Waals surface area contributed by atoms with Crippen molar-refractivity contribution in [3.05, 3.63) is 23.5 Å². The van der Waals surface area contributed by atoms with Crippen LogP contribution in [0.15, 0.2) is 23.5 Å². The number of hydrogen-bond donors (Lipinski definition) is 2. The van der Waals surface area contributed by atoms with E-state index in [0.29, 0.717) is 5.57 Å². The summed E-state index contributed by atoms with van der Waals surface area (Å²) >= 11 is 0. The Kier molecular flexibility index (Phi) is 4.51. The van der Waals surface area contributed by atoms with Crippen LogP contribution in [0.5, 0.6) is 0 Å². The summed E-state index contributed by atoms with van der Waals surface area (Å²) in [7, 11) is 0. The maximum absolute atomic E-state index is 10.4. The standard InChI is InChI=1S/C9H13NO3/c1-6(3-7(2)5-11)4-8(12)9(10)13/h3-5,7,12H,1-2H3,(H2,10,13). The van der Waals surface area contributed by atoms with E-state index in [4.69, 9.17) is 10.8 Å². The average Bonchev–Trinajstić information content (AvgIpc) is 2.03. The van der Waals surface area contributed by atoms with E-state index in [1.54, 1.807) is 19.9 Å². The molecule has 0 saturated heterocycles. The molecule has 3 N–H and O–H groups in total. The van der Waals surface area contributed by atoms with Crippen molar-refractivity contribution in [2.75, 3.05) is 0 Å². The van der Waals surface area contributed by atoms with Crippen LogP contribution in [0.1, 0.15) is 13.8 Å². The Morgan fingerprint density at radius 1 is 1.54 bits per heavy atom. The molecule has 0 rings (SSSR count). The second-order valence-electron chi connectivity index (χ2n) is 2.80. The number of aldehydes is 1. The summed E-state index contributed by atoms with van der Waals surface area (Å²) in [6, 6.07) is 0. The fourth-order valence-corrected chi connectivity index (χ4v) is 0.789. The van der Waals surface area contributed by atoms with Crippen LogP contribution in [0.3, 0.4) is 0 Å². The van der Waals surface area contributed by atoms with Crippen LogP contribution < -0.4 is 5.73 Å². The van der Waals surface area contributed by atoms with Gasteiger partial charge < -0.3 is 15.6 Å². The van der Waals surface area contributed by atoms with E-state index < -0.39 is 11.7 Å². The molecule has 0 aromatic rings. The molecule has 0 aliphatic carbocycles. The van der Waals surface area contributed by atoms with Gasteiger partial charge in [0.05, 0.1) is 0 Å². The maximum Gasteiger partial charge on any atom is 0.283 e. The number of carbonyl (C=O) groups is 2. The van der Waals surface area contributed by atoms with E-state index in [9.17, 15) is 9.59 Å². The van der Waals surface area contributed by atoms with Crippen LogP contribution >= 0.6 is 0 Å². The molecular weight excluding hydrogens is 170 g/mol.